The minimum atomic E-state index is -0.551. The van der Waals surface area contributed by atoms with Crippen LogP contribution in [0.4, 0.5) is 8.78 Å². The average Bonchev–Trinajstić information content (AvgIpc) is 2.88. The fourth-order valence-corrected chi connectivity index (χ4v) is 5.14. The fourth-order valence-electron chi connectivity index (χ4n) is 5.14. The van der Waals surface area contributed by atoms with Crippen molar-refractivity contribution in [3.8, 4) is 11.1 Å². The van der Waals surface area contributed by atoms with Crippen LogP contribution in [0.25, 0.3) is 11.1 Å². The van der Waals surface area contributed by atoms with Gasteiger partial charge in [-0.3, -0.25) is 0 Å². The van der Waals surface area contributed by atoms with Crippen LogP contribution < -0.4 is 0 Å². The molecule has 35 heavy (non-hydrogen) atoms. The molecule has 1 atom stereocenters. The topological polar surface area (TPSA) is 26.3 Å². The van der Waals surface area contributed by atoms with Crippen LogP contribution in [-0.4, -0.2) is 12.1 Å². The lowest BCUT2D eigenvalue weighted by Gasteiger charge is -2.28. The van der Waals surface area contributed by atoms with Crippen LogP contribution in [0.2, 0.25) is 0 Å². The highest BCUT2D eigenvalue weighted by molar-refractivity contribution is 5.90. The van der Waals surface area contributed by atoms with Crippen LogP contribution in [0.3, 0.4) is 0 Å². The normalized spacial score (nSPS) is 18.7. The zero-order chi connectivity index (χ0) is 24.8. The van der Waals surface area contributed by atoms with E-state index < -0.39 is 11.6 Å². The molecule has 0 spiro atoms. The van der Waals surface area contributed by atoms with Gasteiger partial charge < -0.3 is 4.74 Å². The molecular weight excluding hydrogens is 442 g/mol. The van der Waals surface area contributed by atoms with E-state index in [0.29, 0.717) is 16.7 Å². The van der Waals surface area contributed by atoms with E-state index in [9.17, 15) is 13.6 Å². The second-order valence-electron chi connectivity index (χ2n) is 9.85. The molecule has 1 fully saturated rings. The van der Waals surface area contributed by atoms with Crippen molar-refractivity contribution in [2.24, 2.45) is 5.92 Å². The lowest BCUT2D eigenvalue weighted by atomic mass is 9.85. The second kappa shape index (κ2) is 11.6. The molecule has 4 heteroatoms. The van der Waals surface area contributed by atoms with Gasteiger partial charge in [0.25, 0.3) is 0 Å². The summed E-state index contributed by atoms with van der Waals surface area (Å²) in [6.07, 6.45) is 6.77. The molecule has 1 aliphatic carbocycles. The third-order valence-electron chi connectivity index (χ3n) is 7.24. The van der Waals surface area contributed by atoms with Crippen molar-refractivity contribution in [3.05, 3.63) is 95.1 Å². The van der Waals surface area contributed by atoms with Crippen molar-refractivity contribution < 1.29 is 18.3 Å². The van der Waals surface area contributed by atoms with Gasteiger partial charge in [-0.1, -0.05) is 69.2 Å². The molecule has 184 valence electrons. The third kappa shape index (κ3) is 6.36. The first kappa shape index (κ1) is 25.1. The quantitative estimate of drug-likeness (QED) is 0.305. The van der Waals surface area contributed by atoms with E-state index in [1.807, 2.05) is 37.3 Å². The van der Waals surface area contributed by atoms with Crippen molar-refractivity contribution in [1.82, 2.24) is 0 Å². The molecule has 3 aromatic rings. The van der Waals surface area contributed by atoms with E-state index in [1.165, 1.54) is 25.0 Å². The number of hydrogen-bond acceptors (Lipinski definition) is 2. The van der Waals surface area contributed by atoms with Crippen molar-refractivity contribution in [3.63, 3.8) is 0 Å². The van der Waals surface area contributed by atoms with Crippen LogP contribution in [0.15, 0.2) is 66.7 Å². The molecule has 0 heterocycles. The molecule has 0 N–H and O–H groups in total. The van der Waals surface area contributed by atoms with Gasteiger partial charge in [-0.05, 0) is 84.9 Å². The summed E-state index contributed by atoms with van der Waals surface area (Å²) in [7, 11) is 0. The highest BCUT2D eigenvalue weighted by Gasteiger charge is 2.24. The Morgan fingerprint density at radius 2 is 1.54 bits per heavy atom. The first-order valence-corrected chi connectivity index (χ1v) is 12.8. The van der Waals surface area contributed by atoms with Crippen LogP contribution >= 0.6 is 0 Å². The summed E-state index contributed by atoms with van der Waals surface area (Å²) in [5, 5.41) is 0. The molecule has 4 rings (SSSR count). The number of carbonyl (C=O) groups is 1. The van der Waals surface area contributed by atoms with Crippen LogP contribution in [-0.2, 0) is 11.2 Å². The molecule has 1 aliphatic rings. The number of esters is 1. The Hall–Kier alpha value is -3.01. The van der Waals surface area contributed by atoms with Crippen LogP contribution in [0, 0.1) is 17.6 Å². The lowest BCUT2D eigenvalue weighted by molar-refractivity contribution is 0.0161. The zero-order valence-electron chi connectivity index (χ0n) is 20.6. The minimum absolute atomic E-state index is 0.00181. The molecule has 0 bridgehead atoms. The number of ether oxygens (including phenoxy) is 1. The van der Waals surface area contributed by atoms with Crippen molar-refractivity contribution in [1.29, 1.82) is 0 Å². The monoisotopic (exact) mass is 476 g/mol. The predicted octanol–water partition coefficient (Wildman–Crippen LogP) is 8.49. The maximum absolute atomic E-state index is 14.9. The molecule has 0 aromatic heterocycles. The van der Waals surface area contributed by atoms with Crippen molar-refractivity contribution in [2.45, 2.75) is 70.8 Å². The highest BCUT2D eigenvalue weighted by atomic mass is 19.1. The van der Waals surface area contributed by atoms with Gasteiger partial charge >= 0.3 is 5.97 Å². The van der Waals surface area contributed by atoms with Gasteiger partial charge in [0.15, 0.2) is 0 Å². The number of carbonyl (C=O) groups excluding carboxylic acids is 1. The van der Waals surface area contributed by atoms with Gasteiger partial charge in [-0.25, -0.2) is 13.6 Å². The first-order chi connectivity index (χ1) is 16.9. The number of halogens is 2. The molecule has 2 nitrogen and oxygen atoms in total. The van der Waals surface area contributed by atoms with Crippen molar-refractivity contribution >= 4 is 5.97 Å². The number of benzene rings is 3. The summed E-state index contributed by atoms with van der Waals surface area (Å²) in [5.41, 5.74) is 2.71. The molecule has 0 unspecified atom stereocenters. The van der Waals surface area contributed by atoms with E-state index in [2.05, 4.69) is 6.92 Å². The summed E-state index contributed by atoms with van der Waals surface area (Å²) >= 11 is 0. The predicted molar refractivity (Wildman–Crippen MR) is 136 cm³/mol. The van der Waals surface area contributed by atoms with E-state index in [-0.39, 0.29) is 30.0 Å². The Morgan fingerprint density at radius 3 is 2.14 bits per heavy atom. The Balaban J connectivity index is 1.40. The Bertz CT molecular complexity index is 1090. The lowest BCUT2D eigenvalue weighted by Crippen LogP contribution is -2.24. The van der Waals surface area contributed by atoms with E-state index >= 15 is 0 Å². The molecular formula is C31H34F2O2. The summed E-state index contributed by atoms with van der Waals surface area (Å²) in [6.45, 7) is 4.18. The molecule has 0 amide bonds. The standard InChI is InChI=1S/C31H34F2O2/c1-3-7-22-10-16-27(17-11-22)35-31(34)25-14-12-24(13-15-25)26-19-29(32)28(30(33)20-26)18-21(2)23-8-5-4-6-9-23/h4-6,8-9,12-15,19-22,27H,3,7,10-11,16-18H2,1-2H3/t21-,22?,27?/m0/s1. The Kier molecular flexibility index (Phi) is 8.33. The molecule has 0 saturated heterocycles. The average molecular weight is 477 g/mol. The highest BCUT2D eigenvalue weighted by Crippen LogP contribution is 2.31. The molecule has 1 saturated carbocycles. The maximum atomic E-state index is 14.9. The van der Waals surface area contributed by atoms with Crippen molar-refractivity contribution in [2.75, 3.05) is 0 Å². The van der Waals surface area contributed by atoms with Crippen LogP contribution in [0.1, 0.15) is 79.8 Å². The van der Waals surface area contributed by atoms with Gasteiger partial charge in [0.1, 0.15) is 17.7 Å². The summed E-state index contributed by atoms with van der Waals surface area (Å²) < 4.78 is 35.5. The largest absolute Gasteiger partial charge is 0.459 e. The Labute approximate surface area is 207 Å². The first-order valence-electron chi connectivity index (χ1n) is 12.8. The molecule has 3 aromatic carbocycles. The van der Waals surface area contributed by atoms with Gasteiger partial charge in [-0.2, -0.15) is 0 Å². The van der Waals surface area contributed by atoms with Gasteiger partial charge in [0, 0.05) is 5.56 Å². The van der Waals surface area contributed by atoms with Crippen LogP contribution in [0.5, 0.6) is 0 Å². The number of hydrogen-bond donors (Lipinski definition) is 0. The fraction of sp³-hybridized carbons (Fsp3) is 0.387. The third-order valence-corrected chi connectivity index (χ3v) is 7.24. The smallest absolute Gasteiger partial charge is 0.338 e. The SMILES string of the molecule is CCCC1CCC(OC(=O)c2ccc(-c3cc(F)c(C[C@H](C)c4ccccc4)c(F)c3)cc2)CC1. The summed E-state index contributed by atoms with van der Waals surface area (Å²) in [4.78, 5) is 12.6. The van der Waals surface area contributed by atoms with E-state index in [0.717, 1.165) is 37.2 Å². The van der Waals surface area contributed by atoms with Gasteiger partial charge in [0.2, 0.25) is 0 Å². The van der Waals surface area contributed by atoms with E-state index in [4.69, 9.17) is 4.74 Å². The molecule has 0 aliphatic heterocycles. The number of rotatable bonds is 8. The summed E-state index contributed by atoms with van der Waals surface area (Å²) in [6, 6.07) is 19.2. The second-order valence-corrected chi connectivity index (χ2v) is 9.85. The van der Waals surface area contributed by atoms with Gasteiger partial charge in [-0.15, -0.1) is 0 Å². The Morgan fingerprint density at radius 1 is 0.914 bits per heavy atom. The maximum Gasteiger partial charge on any atom is 0.338 e. The minimum Gasteiger partial charge on any atom is -0.459 e. The summed E-state index contributed by atoms with van der Waals surface area (Å²) in [5.74, 6) is -0.686. The van der Waals surface area contributed by atoms with E-state index in [1.54, 1.807) is 24.3 Å². The molecule has 0 radical (unpaired) electrons. The zero-order valence-corrected chi connectivity index (χ0v) is 20.6. The van der Waals surface area contributed by atoms with Gasteiger partial charge in [0.05, 0.1) is 5.56 Å².